The van der Waals surface area contributed by atoms with Gasteiger partial charge in [-0.2, -0.15) is 0 Å². The van der Waals surface area contributed by atoms with Gasteiger partial charge in [0.05, 0.1) is 0 Å². The molecule has 0 radical (unpaired) electrons. The summed E-state index contributed by atoms with van der Waals surface area (Å²) in [4.78, 5) is 3.87. The van der Waals surface area contributed by atoms with Crippen molar-refractivity contribution in [1.82, 2.24) is 4.90 Å². The summed E-state index contributed by atoms with van der Waals surface area (Å²) in [6, 6.07) is 25.5. The molecule has 0 spiro atoms. The fraction of sp³-hybridized carbons (Fsp3) is 0.310. The molecule has 4 heteroatoms. The topological polar surface area (TPSA) is 12.5 Å². The van der Waals surface area contributed by atoms with Crippen molar-refractivity contribution in [3.63, 3.8) is 0 Å². The van der Waals surface area contributed by atoms with E-state index in [0.29, 0.717) is 0 Å². The van der Waals surface area contributed by atoms with Crippen LogP contribution in [0, 0.1) is 0 Å². The maximum atomic E-state index is 6.14. The number of benzene rings is 3. The number of hydrogen-bond acceptors (Lipinski definition) is 3. The average Bonchev–Trinajstić information content (AvgIpc) is 3.01. The minimum absolute atomic E-state index is 0.759. The molecule has 1 aliphatic rings. The van der Waals surface area contributed by atoms with Gasteiger partial charge in [0.15, 0.2) is 0 Å². The van der Waals surface area contributed by atoms with Crippen LogP contribution in [0.15, 0.2) is 72.8 Å². The number of halogens is 1. The zero-order valence-corrected chi connectivity index (χ0v) is 20.5. The lowest BCUT2D eigenvalue weighted by molar-refractivity contribution is 0.214. The predicted octanol–water partition coefficient (Wildman–Crippen LogP) is 8.07. The van der Waals surface area contributed by atoms with Crippen LogP contribution in [-0.2, 0) is 6.42 Å². The van der Waals surface area contributed by atoms with Crippen LogP contribution in [0.2, 0.25) is 5.02 Å². The highest BCUT2D eigenvalue weighted by Crippen LogP contribution is 2.40. The summed E-state index contributed by atoms with van der Waals surface area (Å²) in [6.07, 6.45) is 6.29. The minimum Gasteiger partial charge on any atom is -0.492 e. The van der Waals surface area contributed by atoms with E-state index in [1.54, 1.807) is 0 Å². The van der Waals surface area contributed by atoms with Crippen LogP contribution in [0.5, 0.6) is 5.75 Å². The number of ether oxygens (including phenoxy) is 1. The summed E-state index contributed by atoms with van der Waals surface area (Å²) in [5.41, 5.74) is 3.91. The summed E-state index contributed by atoms with van der Waals surface area (Å²) < 4.78 is 7.39. The van der Waals surface area contributed by atoms with Crippen molar-refractivity contribution in [2.24, 2.45) is 0 Å². The van der Waals surface area contributed by atoms with Gasteiger partial charge in [-0.05, 0) is 84.8 Å². The first-order chi connectivity index (χ1) is 16.3. The van der Waals surface area contributed by atoms with E-state index in [9.17, 15) is 0 Å². The van der Waals surface area contributed by atoms with Crippen LogP contribution >= 0.6 is 22.9 Å². The van der Waals surface area contributed by atoms with E-state index >= 15 is 0 Å². The molecule has 0 bridgehead atoms. The van der Waals surface area contributed by atoms with Gasteiger partial charge in [-0.15, -0.1) is 11.3 Å². The second-order valence-electron chi connectivity index (χ2n) is 8.84. The Kier molecular flexibility index (Phi) is 7.30. The Balaban J connectivity index is 1.29. The third-order valence-electron chi connectivity index (χ3n) is 6.48. The summed E-state index contributed by atoms with van der Waals surface area (Å²) >= 11 is 8.00. The smallest absolute Gasteiger partial charge is 0.119 e. The van der Waals surface area contributed by atoms with Gasteiger partial charge in [-0.3, -0.25) is 4.90 Å². The quantitative estimate of drug-likeness (QED) is 0.268. The van der Waals surface area contributed by atoms with Crippen molar-refractivity contribution in [2.75, 3.05) is 26.2 Å². The van der Waals surface area contributed by atoms with Gasteiger partial charge in [0, 0.05) is 21.1 Å². The highest BCUT2D eigenvalue weighted by atomic mass is 35.5. The molecule has 1 saturated heterocycles. The number of hydrogen-bond donors (Lipinski definition) is 0. The standard InChI is InChI=1S/C29H30ClNOS/c30-24-13-11-23(12-14-24)29-27(26-7-3-4-8-28(26)33-29)21-22-9-15-25(16-10-22)32-20-19-31-17-5-1-2-6-18-31/h3-4,7-16H,1-2,5-6,17-21H2. The number of thiophene rings is 1. The Morgan fingerprint density at radius 3 is 2.30 bits per heavy atom. The SMILES string of the molecule is Clc1ccc(-c2sc3ccccc3c2Cc2ccc(OCCN3CCCCCC3)cc2)cc1. The molecule has 33 heavy (non-hydrogen) atoms. The highest BCUT2D eigenvalue weighted by molar-refractivity contribution is 7.22. The van der Waals surface area contributed by atoms with E-state index in [4.69, 9.17) is 16.3 Å². The van der Waals surface area contributed by atoms with E-state index in [-0.39, 0.29) is 0 Å². The third-order valence-corrected chi connectivity index (χ3v) is 8.00. The monoisotopic (exact) mass is 475 g/mol. The second-order valence-corrected chi connectivity index (χ2v) is 10.3. The average molecular weight is 476 g/mol. The Bertz CT molecular complexity index is 1170. The molecule has 0 aliphatic carbocycles. The largest absolute Gasteiger partial charge is 0.492 e. The van der Waals surface area contributed by atoms with Gasteiger partial charge < -0.3 is 4.74 Å². The van der Waals surface area contributed by atoms with Crippen LogP contribution in [0.4, 0.5) is 0 Å². The van der Waals surface area contributed by atoms with Gasteiger partial charge in [-0.25, -0.2) is 0 Å². The summed E-state index contributed by atoms with van der Waals surface area (Å²) in [5.74, 6) is 0.960. The van der Waals surface area contributed by atoms with Gasteiger partial charge >= 0.3 is 0 Å². The van der Waals surface area contributed by atoms with E-state index < -0.39 is 0 Å². The normalized spacial score (nSPS) is 14.9. The molecule has 0 saturated carbocycles. The lowest BCUT2D eigenvalue weighted by atomic mass is 9.99. The Morgan fingerprint density at radius 2 is 1.55 bits per heavy atom. The molecule has 1 fully saturated rings. The molecule has 0 amide bonds. The van der Waals surface area contributed by atoms with E-state index in [1.165, 1.54) is 70.4 Å². The number of fused-ring (bicyclic) bond motifs is 1. The molecule has 4 aromatic rings. The lowest BCUT2D eigenvalue weighted by Crippen LogP contribution is -2.29. The highest BCUT2D eigenvalue weighted by Gasteiger charge is 2.14. The lowest BCUT2D eigenvalue weighted by Gasteiger charge is -2.19. The van der Waals surface area contributed by atoms with Crippen molar-refractivity contribution in [2.45, 2.75) is 32.1 Å². The minimum atomic E-state index is 0.759. The molecule has 5 rings (SSSR count). The van der Waals surface area contributed by atoms with Crippen LogP contribution in [0.1, 0.15) is 36.8 Å². The van der Waals surface area contributed by atoms with Crippen LogP contribution in [0.25, 0.3) is 20.5 Å². The molecule has 0 unspecified atom stereocenters. The second kappa shape index (κ2) is 10.7. The predicted molar refractivity (Wildman–Crippen MR) is 142 cm³/mol. The molecular formula is C29H30ClNOS. The maximum absolute atomic E-state index is 6.14. The molecule has 3 aromatic carbocycles. The van der Waals surface area contributed by atoms with Crippen molar-refractivity contribution >= 4 is 33.0 Å². The van der Waals surface area contributed by atoms with E-state index in [2.05, 4.69) is 65.6 Å². The Morgan fingerprint density at radius 1 is 0.818 bits per heavy atom. The Labute approximate surface area is 205 Å². The molecule has 1 aliphatic heterocycles. The van der Waals surface area contributed by atoms with Gasteiger partial charge in [0.2, 0.25) is 0 Å². The summed E-state index contributed by atoms with van der Waals surface area (Å²) in [5, 5.41) is 2.11. The van der Waals surface area contributed by atoms with Crippen LogP contribution < -0.4 is 4.74 Å². The number of rotatable bonds is 7. The van der Waals surface area contributed by atoms with Crippen molar-refractivity contribution in [1.29, 1.82) is 0 Å². The van der Waals surface area contributed by atoms with Crippen LogP contribution in [0.3, 0.4) is 0 Å². The molecule has 2 heterocycles. The Hall–Kier alpha value is -2.33. The first-order valence-corrected chi connectivity index (χ1v) is 13.2. The maximum Gasteiger partial charge on any atom is 0.119 e. The number of nitrogens with zero attached hydrogens (tertiary/aromatic N) is 1. The van der Waals surface area contributed by atoms with Gasteiger partial charge in [-0.1, -0.05) is 66.9 Å². The molecular weight excluding hydrogens is 446 g/mol. The van der Waals surface area contributed by atoms with Crippen LogP contribution in [-0.4, -0.2) is 31.1 Å². The molecule has 0 atom stereocenters. The first kappa shape index (κ1) is 22.5. The van der Waals surface area contributed by atoms with Crippen molar-refractivity contribution in [3.05, 3.63) is 88.9 Å². The molecule has 1 aromatic heterocycles. The van der Waals surface area contributed by atoms with Gasteiger partial charge in [0.1, 0.15) is 12.4 Å². The third kappa shape index (κ3) is 5.60. The zero-order valence-electron chi connectivity index (χ0n) is 18.9. The number of likely N-dealkylation sites (tertiary alicyclic amines) is 1. The van der Waals surface area contributed by atoms with E-state index in [1.807, 2.05) is 23.5 Å². The summed E-state index contributed by atoms with van der Waals surface area (Å²) in [6.45, 7) is 4.21. The van der Waals surface area contributed by atoms with Gasteiger partial charge in [0.25, 0.3) is 0 Å². The molecule has 2 nitrogen and oxygen atoms in total. The zero-order chi connectivity index (χ0) is 22.5. The fourth-order valence-corrected chi connectivity index (χ4v) is 6.02. The van der Waals surface area contributed by atoms with Crippen molar-refractivity contribution in [3.8, 4) is 16.2 Å². The summed E-state index contributed by atoms with van der Waals surface area (Å²) in [7, 11) is 0. The van der Waals surface area contributed by atoms with E-state index in [0.717, 1.165) is 30.3 Å². The fourth-order valence-electron chi connectivity index (χ4n) is 4.67. The van der Waals surface area contributed by atoms with Crippen molar-refractivity contribution < 1.29 is 4.74 Å². The molecule has 170 valence electrons. The molecule has 0 N–H and O–H groups in total. The first-order valence-electron chi connectivity index (χ1n) is 12.0.